The van der Waals surface area contributed by atoms with E-state index in [1.165, 1.54) is 57.8 Å². The molecule has 37 heavy (non-hydrogen) atoms. The van der Waals surface area contributed by atoms with Crippen molar-refractivity contribution in [2.45, 2.75) is 116 Å². The molecule has 1 heterocycles. The minimum absolute atomic E-state index is 0.0681. The number of aliphatic hydroxyl groups excluding tert-OH is 1. The van der Waals surface area contributed by atoms with Gasteiger partial charge in [0.1, 0.15) is 6.10 Å². The Morgan fingerprint density at radius 1 is 1.11 bits per heavy atom. The van der Waals surface area contributed by atoms with E-state index in [2.05, 4.69) is 24.8 Å². The average molecular weight is 514 g/mol. The molecule has 5 aliphatic carbocycles. The lowest BCUT2D eigenvalue weighted by Gasteiger charge is -2.62. The van der Waals surface area contributed by atoms with Crippen molar-refractivity contribution in [1.29, 1.82) is 0 Å². The summed E-state index contributed by atoms with van der Waals surface area (Å²) in [4.78, 5) is 14.9. The van der Waals surface area contributed by atoms with Crippen LogP contribution in [0.2, 0.25) is 0 Å². The van der Waals surface area contributed by atoms with E-state index >= 15 is 0 Å². The second kappa shape index (κ2) is 10.2. The van der Waals surface area contributed by atoms with Gasteiger partial charge < -0.3 is 14.6 Å². The molecule has 10 atom stereocenters. The quantitative estimate of drug-likeness (QED) is 0.383. The molecule has 1 N–H and O–H groups in total. The molecule has 4 saturated carbocycles. The lowest BCUT2D eigenvalue weighted by atomic mass is 9.44. The number of fused-ring (bicyclic) bond motifs is 5. The van der Waals surface area contributed by atoms with Gasteiger partial charge in [-0.15, -0.1) is 0 Å². The average Bonchev–Trinajstić information content (AvgIpc) is 3.16. The summed E-state index contributed by atoms with van der Waals surface area (Å²) in [7, 11) is 0. The fraction of sp³-hybridized carbons (Fsp3) is 0.906. The van der Waals surface area contributed by atoms with Gasteiger partial charge in [0.2, 0.25) is 0 Å². The first-order valence-electron chi connectivity index (χ1n) is 15.6. The van der Waals surface area contributed by atoms with Crippen LogP contribution in [0.15, 0.2) is 11.6 Å². The van der Waals surface area contributed by atoms with Crippen LogP contribution in [0.1, 0.15) is 97.8 Å². The van der Waals surface area contributed by atoms with Gasteiger partial charge in [-0.2, -0.15) is 0 Å². The maximum atomic E-state index is 12.3. The molecule has 0 aromatic carbocycles. The molecule has 0 radical (unpaired) electrons. The predicted octanol–water partition coefficient (Wildman–Crippen LogP) is 5.75. The van der Waals surface area contributed by atoms with E-state index in [9.17, 15) is 9.90 Å². The third-order valence-corrected chi connectivity index (χ3v) is 12.5. The first kappa shape index (κ1) is 26.3. The number of hydrogen-bond acceptors (Lipinski definition) is 5. The molecule has 208 valence electrons. The highest BCUT2D eigenvalue weighted by Gasteiger charge is 2.64. The van der Waals surface area contributed by atoms with Crippen molar-refractivity contribution in [3.05, 3.63) is 11.6 Å². The first-order valence-corrected chi connectivity index (χ1v) is 15.6. The molecular weight excluding hydrogens is 462 g/mol. The minimum Gasteiger partial charge on any atom is -0.462 e. The highest BCUT2D eigenvalue weighted by atomic mass is 16.5. The molecule has 0 bridgehead atoms. The van der Waals surface area contributed by atoms with Gasteiger partial charge in [-0.25, -0.2) is 0 Å². The lowest BCUT2D eigenvalue weighted by Crippen LogP contribution is -2.61. The number of rotatable bonds is 4. The minimum atomic E-state index is -0.199. The molecule has 6 aliphatic rings. The van der Waals surface area contributed by atoms with E-state index in [0.29, 0.717) is 23.2 Å². The van der Waals surface area contributed by atoms with Crippen LogP contribution < -0.4 is 0 Å². The Kier molecular flexibility index (Phi) is 7.29. The van der Waals surface area contributed by atoms with Crippen molar-refractivity contribution in [3.8, 4) is 0 Å². The van der Waals surface area contributed by atoms with Crippen molar-refractivity contribution in [3.63, 3.8) is 0 Å². The van der Waals surface area contributed by atoms with Crippen LogP contribution in [0.5, 0.6) is 0 Å². The fourth-order valence-electron chi connectivity index (χ4n) is 10.7. The number of nitrogens with zero attached hydrogens (tertiary/aromatic N) is 1. The highest BCUT2D eigenvalue weighted by molar-refractivity contribution is 5.66. The van der Waals surface area contributed by atoms with E-state index in [4.69, 9.17) is 9.47 Å². The number of carbonyl (C=O) groups is 1. The Morgan fingerprint density at radius 2 is 1.92 bits per heavy atom. The number of aliphatic hydroxyl groups is 1. The van der Waals surface area contributed by atoms with Crippen molar-refractivity contribution < 1.29 is 19.4 Å². The number of allylic oxidation sites excluding steroid dienone is 2. The molecule has 0 amide bonds. The van der Waals surface area contributed by atoms with Gasteiger partial charge in [0.25, 0.3) is 0 Å². The van der Waals surface area contributed by atoms with Crippen LogP contribution in [0.4, 0.5) is 0 Å². The summed E-state index contributed by atoms with van der Waals surface area (Å²) < 4.78 is 11.9. The molecule has 0 aromatic rings. The molecule has 0 spiro atoms. The van der Waals surface area contributed by atoms with Gasteiger partial charge >= 0.3 is 5.97 Å². The predicted molar refractivity (Wildman–Crippen MR) is 145 cm³/mol. The van der Waals surface area contributed by atoms with Gasteiger partial charge in [0.05, 0.1) is 19.3 Å². The number of morpholine rings is 1. The SMILES string of the molecule is CC(=O)O[C@H]1C(CC2=CCCCC2)CC2C3CCC4C[C@H](O)[C@@H](N5CCOCC5)C[C@]4(C)C3CC[C@@]21C. The molecule has 5 nitrogen and oxygen atoms in total. The van der Waals surface area contributed by atoms with Gasteiger partial charge in [0, 0.05) is 37.4 Å². The van der Waals surface area contributed by atoms with E-state index in [0.717, 1.165) is 57.4 Å². The third kappa shape index (κ3) is 4.63. The topological polar surface area (TPSA) is 59.0 Å². The second-order valence-corrected chi connectivity index (χ2v) is 14.3. The van der Waals surface area contributed by atoms with E-state index in [1.807, 2.05) is 0 Å². The number of carbonyl (C=O) groups excluding carboxylic acids is 1. The summed E-state index contributed by atoms with van der Waals surface area (Å²) in [5, 5.41) is 11.2. The van der Waals surface area contributed by atoms with Crippen LogP contribution in [-0.4, -0.2) is 60.5 Å². The van der Waals surface area contributed by atoms with Gasteiger partial charge in [-0.05, 0) is 106 Å². The molecule has 0 aromatic heterocycles. The lowest BCUT2D eigenvalue weighted by molar-refractivity contribution is -0.172. The Labute approximate surface area is 224 Å². The maximum Gasteiger partial charge on any atom is 0.302 e. The van der Waals surface area contributed by atoms with Crippen LogP contribution >= 0.6 is 0 Å². The molecule has 5 unspecified atom stereocenters. The molecule has 6 rings (SSSR count). The van der Waals surface area contributed by atoms with E-state index in [1.54, 1.807) is 12.5 Å². The van der Waals surface area contributed by atoms with E-state index in [-0.39, 0.29) is 29.6 Å². The summed E-state index contributed by atoms with van der Waals surface area (Å²) in [5.74, 6) is 3.12. The Balaban J connectivity index is 1.25. The number of esters is 1. The van der Waals surface area contributed by atoms with Gasteiger partial charge in [-0.1, -0.05) is 25.5 Å². The summed E-state index contributed by atoms with van der Waals surface area (Å²) in [6.07, 6.45) is 16.9. The van der Waals surface area contributed by atoms with Crippen molar-refractivity contribution in [2.75, 3.05) is 26.3 Å². The van der Waals surface area contributed by atoms with Crippen LogP contribution in [0, 0.1) is 40.4 Å². The zero-order valence-electron chi connectivity index (χ0n) is 23.6. The second-order valence-electron chi connectivity index (χ2n) is 14.3. The van der Waals surface area contributed by atoms with E-state index < -0.39 is 0 Å². The smallest absolute Gasteiger partial charge is 0.302 e. The number of hydrogen-bond donors (Lipinski definition) is 1. The van der Waals surface area contributed by atoms with Crippen LogP contribution in [0.25, 0.3) is 0 Å². The van der Waals surface area contributed by atoms with Crippen LogP contribution in [-0.2, 0) is 14.3 Å². The summed E-state index contributed by atoms with van der Waals surface area (Å²) >= 11 is 0. The molecular formula is C32H51NO4. The standard InChI is InChI=1S/C32H51NO4/c1-21(34)37-30-23(17-22-7-5-4-6-8-22)18-27-25-10-9-24-19-29(35)28(33-13-15-36-16-14-33)20-32(24,3)26(25)11-12-31(27,30)2/h7,23-30,35H,4-6,8-20H2,1-3H3/t23?,24?,25?,26?,27?,28-,29-,30-,31-,32-/m0/s1. The number of ether oxygens (including phenoxy) is 2. The normalized spacial score (nSPS) is 48.4. The summed E-state index contributed by atoms with van der Waals surface area (Å²) in [6, 6.07) is 0.278. The zero-order chi connectivity index (χ0) is 25.8. The Bertz CT molecular complexity index is 882. The molecule has 5 fully saturated rings. The summed E-state index contributed by atoms with van der Waals surface area (Å²) in [6.45, 7) is 10.2. The largest absolute Gasteiger partial charge is 0.462 e. The highest BCUT2D eigenvalue weighted by Crippen LogP contribution is 2.68. The van der Waals surface area contributed by atoms with Crippen molar-refractivity contribution >= 4 is 5.97 Å². The third-order valence-electron chi connectivity index (χ3n) is 12.5. The van der Waals surface area contributed by atoms with Crippen LogP contribution in [0.3, 0.4) is 0 Å². The zero-order valence-corrected chi connectivity index (χ0v) is 23.6. The Morgan fingerprint density at radius 3 is 2.65 bits per heavy atom. The fourth-order valence-corrected chi connectivity index (χ4v) is 10.7. The van der Waals surface area contributed by atoms with Crippen molar-refractivity contribution in [2.24, 2.45) is 40.4 Å². The Hall–Kier alpha value is -0.910. The maximum absolute atomic E-state index is 12.3. The first-order chi connectivity index (χ1) is 17.8. The molecule has 1 saturated heterocycles. The molecule has 1 aliphatic heterocycles. The van der Waals surface area contributed by atoms with Gasteiger partial charge in [-0.3, -0.25) is 9.69 Å². The monoisotopic (exact) mass is 513 g/mol. The summed E-state index contributed by atoms with van der Waals surface area (Å²) in [5.41, 5.74) is 2.03. The van der Waals surface area contributed by atoms with Crippen molar-refractivity contribution in [1.82, 2.24) is 4.90 Å². The van der Waals surface area contributed by atoms with Gasteiger partial charge in [0.15, 0.2) is 0 Å². The molecule has 5 heteroatoms.